The molecule has 0 aromatic rings. The summed E-state index contributed by atoms with van der Waals surface area (Å²) in [5, 5.41) is 20.5. The molecular formula is C19H32O2. The van der Waals surface area contributed by atoms with E-state index in [1.54, 1.807) is 0 Å². The monoisotopic (exact) mass is 292 g/mol. The Labute approximate surface area is 129 Å². The zero-order valence-corrected chi connectivity index (χ0v) is 14.0. The van der Waals surface area contributed by atoms with Gasteiger partial charge in [0, 0.05) is 0 Å². The summed E-state index contributed by atoms with van der Waals surface area (Å²) in [5.41, 5.74) is 1.49. The van der Waals surface area contributed by atoms with Crippen molar-refractivity contribution in [1.82, 2.24) is 0 Å². The van der Waals surface area contributed by atoms with Crippen LogP contribution < -0.4 is 0 Å². The third-order valence-electron chi connectivity index (χ3n) is 7.25. The minimum Gasteiger partial charge on any atom is -0.392 e. The molecule has 3 saturated carbocycles. The van der Waals surface area contributed by atoms with Gasteiger partial charge in [-0.25, -0.2) is 0 Å². The SMILES string of the molecule is CC1(C)CCC[C@@]2(C)C1CC[C@@]1(O)C/C(=C\CO)CC[C@@H]12. The number of rotatable bonds is 1. The molecule has 0 aromatic carbocycles. The zero-order valence-electron chi connectivity index (χ0n) is 14.0. The van der Waals surface area contributed by atoms with E-state index in [0.717, 1.165) is 31.6 Å². The van der Waals surface area contributed by atoms with E-state index in [2.05, 4.69) is 20.8 Å². The van der Waals surface area contributed by atoms with Gasteiger partial charge in [-0.2, -0.15) is 0 Å². The van der Waals surface area contributed by atoms with Crippen molar-refractivity contribution < 1.29 is 10.2 Å². The molecule has 2 heteroatoms. The maximum atomic E-state index is 11.3. The molecule has 0 spiro atoms. The second-order valence-corrected chi connectivity index (χ2v) is 8.86. The highest BCUT2D eigenvalue weighted by atomic mass is 16.3. The smallest absolute Gasteiger partial charge is 0.0718 e. The van der Waals surface area contributed by atoms with Crippen LogP contribution in [0, 0.1) is 22.7 Å². The van der Waals surface area contributed by atoms with Crippen molar-refractivity contribution in [3.8, 4) is 0 Å². The van der Waals surface area contributed by atoms with Crippen LogP contribution in [0.1, 0.15) is 72.1 Å². The minimum absolute atomic E-state index is 0.114. The topological polar surface area (TPSA) is 40.5 Å². The van der Waals surface area contributed by atoms with E-state index in [1.807, 2.05) is 6.08 Å². The summed E-state index contributed by atoms with van der Waals surface area (Å²) in [6.07, 6.45) is 10.9. The quantitative estimate of drug-likeness (QED) is 0.715. The number of hydrogen-bond acceptors (Lipinski definition) is 2. The molecule has 3 fully saturated rings. The second-order valence-electron chi connectivity index (χ2n) is 8.86. The van der Waals surface area contributed by atoms with Gasteiger partial charge in [0.05, 0.1) is 12.2 Å². The molecular weight excluding hydrogens is 260 g/mol. The maximum absolute atomic E-state index is 11.3. The average Bonchev–Trinajstić information content (AvgIpc) is 2.37. The van der Waals surface area contributed by atoms with Gasteiger partial charge in [-0.15, -0.1) is 0 Å². The highest BCUT2D eigenvalue weighted by Crippen LogP contribution is 2.65. The van der Waals surface area contributed by atoms with E-state index in [0.29, 0.717) is 16.7 Å². The Morgan fingerprint density at radius 2 is 1.86 bits per heavy atom. The predicted octanol–water partition coefficient (Wildman–Crippen LogP) is 4.06. The van der Waals surface area contributed by atoms with Crippen molar-refractivity contribution in [2.24, 2.45) is 22.7 Å². The predicted molar refractivity (Wildman–Crippen MR) is 85.9 cm³/mol. The van der Waals surface area contributed by atoms with Crippen molar-refractivity contribution in [1.29, 1.82) is 0 Å². The molecule has 0 saturated heterocycles. The van der Waals surface area contributed by atoms with Crippen LogP contribution in [0.5, 0.6) is 0 Å². The van der Waals surface area contributed by atoms with Crippen molar-refractivity contribution >= 4 is 0 Å². The summed E-state index contributed by atoms with van der Waals surface area (Å²) in [6.45, 7) is 7.47. The lowest BCUT2D eigenvalue weighted by Crippen LogP contribution is -2.59. The molecule has 2 nitrogen and oxygen atoms in total. The van der Waals surface area contributed by atoms with Gasteiger partial charge < -0.3 is 10.2 Å². The van der Waals surface area contributed by atoms with Crippen molar-refractivity contribution in [2.75, 3.05) is 6.61 Å². The summed E-state index contributed by atoms with van der Waals surface area (Å²) >= 11 is 0. The van der Waals surface area contributed by atoms with Crippen LogP contribution in [0.4, 0.5) is 0 Å². The lowest BCUT2D eigenvalue weighted by Gasteiger charge is -2.63. The Hall–Kier alpha value is -0.340. The third kappa shape index (κ3) is 2.39. The molecule has 0 amide bonds. The summed E-state index contributed by atoms with van der Waals surface area (Å²) in [6, 6.07) is 0. The van der Waals surface area contributed by atoms with Gasteiger partial charge in [-0.1, -0.05) is 38.8 Å². The van der Waals surface area contributed by atoms with Crippen molar-refractivity contribution in [2.45, 2.75) is 77.7 Å². The largest absolute Gasteiger partial charge is 0.392 e. The number of aliphatic hydroxyl groups excluding tert-OH is 1. The van der Waals surface area contributed by atoms with Gasteiger partial charge in [-0.3, -0.25) is 0 Å². The van der Waals surface area contributed by atoms with Gasteiger partial charge in [0.15, 0.2) is 0 Å². The van der Waals surface area contributed by atoms with E-state index >= 15 is 0 Å². The fourth-order valence-electron chi connectivity index (χ4n) is 6.41. The third-order valence-corrected chi connectivity index (χ3v) is 7.25. The molecule has 120 valence electrons. The first kappa shape index (κ1) is 15.6. The van der Waals surface area contributed by atoms with Gasteiger partial charge in [0.2, 0.25) is 0 Å². The van der Waals surface area contributed by atoms with Gasteiger partial charge in [0.1, 0.15) is 0 Å². The molecule has 0 aromatic heterocycles. The molecule has 3 aliphatic rings. The van der Waals surface area contributed by atoms with Crippen LogP contribution >= 0.6 is 0 Å². The summed E-state index contributed by atoms with van der Waals surface area (Å²) in [4.78, 5) is 0. The molecule has 0 aliphatic heterocycles. The molecule has 3 rings (SSSR count). The molecule has 0 bridgehead atoms. The lowest BCUT2D eigenvalue weighted by atomic mass is 9.43. The Morgan fingerprint density at radius 3 is 2.57 bits per heavy atom. The Morgan fingerprint density at radius 1 is 1.10 bits per heavy atom. The summed E-state index contributed by atoms with van der Waals surface area (Å²) < 4.78 is 0. The lowest BCUT2D eigenvalue weighted by molar-refractivity contribution is -0.182. The van der Waals surface area contributed by atoms with Gasteiger partial charge >= 0.3 is 0 Å². The van der Waals surface area contributed by atoms with Crippen LogP contribution in [0.15, 0.2) is 11.6 Å². The van der Waals surface area contributed by atoms with Crippen LogP contribution in [0.3, 0.4) is 0 Å². The van der Waals surface area contributed by atoms with Crippen molar-refractivity contribution in [3.05, 3.63) is 11.6 Å². The van der Waals surface area contributed by atoms with E-state index < -0.39 is 5.60 Å². The maximum Gasteiger partial charge on any atom is 0.0718 e. The van der Waals surface area contributed by atoms with E-state index in [1.165, 1.54) is 31.3 Å². The fraction of sp³-hybridized carbons (Fsp3) is 0.895. The first-order valence-electron chi connectivity index (χ1n) is 8.83. The first-order valence-corrected chi connectivity index (χ1v) is 8.83. The molecule has 0 heterocycles. The molecule has 2 N–H and O–H groups in total. The highest BCUT2D eigenvalue weighted by Gasteiger charge is 2.59. The Kier molecular flexibility index (Phi) is 3.77. The van der Waals surface area contributed by atoms with Crippen LogP contribution in [0.25, 0.3) is 0 Å². The van der Waals surface area contributed by atoms with Crippen LogP contribution in [-0.4, -0.2) is 22.4 Å². The minimum atomic E-state index is -0.516. The Balaban J connectivity index is 1.91. The second kappa shape index (κ2) is 5.09. The molecule has 21 heavy (non-hydrogen) atoms. The molecule has 0 radical (unpaired) electrons. The molecule has 1 unspecified atom stereocenters. The van der Waals surface area contributed by atoms with E-state index in [4.69, 9.17) is 5.11 Å². The summed E-state index contributed by atoms with van der Waals surface area (Å²) in [5.74, 6) is 1.20. The number of hydrogen-bond donors (Lipinski definition) is 2. The van der Waals surface area contributed by atoms with E-state index in [9.17, 15) is 5.11 Å². The standard InChI is InChI=1S/C19H32O2/c1-17(2)9-4-10-18(3)15(17)7-11-19(21)13-14(8-12-20)5-6-16(18)19/h8,15-16,20-21H,4-7,9-13H2,1-3H3/b14-8-/t15?,16-,18+,19-/m1/s1. The zero-order chi connectivity index (χ0) is 15.3. The van der Waals surface area contributed by atoms with Crippen LogP contribution in [-0.2, 0) is 0 Å². The fourth-order valence-corrected chi connectivity index (χ4v) is 6.41. The average molecular weight is 292 g/mol. The number of fused-ring (bicyclic) bond motifs is 3. The Bertz CT molecular complexity index is 439. The summed E-state index contributed by atoms with van der Waals surface area (Å²) in [7, 11) is 0. The van der Waals surface area contributed by atoms with E-state index in [-0.39, 0.29) is 6.61 Å². The molecule has 3 aliphatic carbocycles. The molecule has 4 atom stereocenters. The number of aliphatic hydroxyl groups is 2. The van der Waals surface area contributed by atoms with Crippen LogP contribution in [0.2, 0.25) is 0 Å². The van der Waals surface area contributed by atoms with Crippen molar-refractivity contribution in [3.63, 3.8) is 0 Å². The van der Waals surface area contributed by atoms with Gasteiger partial charge in [-0.05, 0) is 67.6 Å². The van der Waals surface area contributed by atoms with Gasteiger partial charge in [0.25, 0.3) is 0 Å². The first-order chi connectivity index (χ1) is 9.82. The highest BCUT2D eigenvalue weighted by molar-refractivity contribution is 5.18. The normalized spacial score (nSPS) is 47.8.